The second-order valence-corrected chi connectivity index (χ2v) is 4.73. The first kappa shape index (κ1) is 17.9. The van der Waals surface area contributed by atoms with E-state index in [0.29, 0.717) is 6.20 Å². The first-order valence-electron chi connectivity index (χ1n) is 5.63. The minimum atomic E-state index is -6.86. The van der Waals surface area contributed by atoms with E-state index in [0.717, 1.165) is 18.0 Å². The summed E-state index contributed by atoms with van der Waals surface area (Å²) in [5.74, 6) is -13.5. The number of hydrogen-bond donors (Lipinski definition) is 0. The lowest BCUT2D eigenvalue weighted by molar-refractivity contribution is -0.981. The van der Waals surface area contributed by atoms with Crippen LogP contribution in [-0.4, -0.2) is 53.7 Å². The van der Waals surface area contributed by atoms with Crippen LogP contribution in [0.4, 0.5) is 39.5 Å². The molecule has 0 radical (unpaired) electrons. The molecule has 1 aliphatic rings. The van der Waals surface area contributed by atoms with Gasteiger partial charge in [-0.3, -0.25) is 0 Å². The highest BCUT2D eigenvalue weighted by Crippen LogP contribution is 2.56. The fourth-order valence-electron chi connectivity index (χ4n) is 1.97. The fraction of sp³-hybridized carbons (Fsp3) is 0.800. The maximum absolute atomic E-state index is 13.9. The van der Waals surface area contributed by atoms with Gasteiger partial charge in [0.25, 0.3) is 0 Å². The topological polar surface area (TPSA) is 3.24 Å². The summed E-state index contributed by atoms with van der Waals surface area (Å²) < 4.78 is 114. The molecule has 0 aliphatic carbocycles. The first-order chi connectivity index (χ1) is 9.16. The van der Waals surface area contributed by atoms with Gasteiger partial charge in [-0.1, -0.05) is 0 Å². The Balaban J connectivity index is 3.38. The summed E-state index contributed by atoms with van der Waals surface area (Å²) in [5.41, 5.74) is 0. The Labute approximate surface area is 114 Å². The zero-order valence-corrected chi connectivity index (χ0v) is 10.9. The minimum absolute atomic E-state index is 0.486. The summed E-state index contributed by atoms with van der Waals surface area (Å²) in [6.07, 6.45) is -5.40. The monoisotopic (exact) mass is 331 g/mol. The van der Waals surface area contributed by atoms with Gasteiger partial charge in [0, 0.05) is 7.05 Å². The number of rotatable bonds is 4. The van der Waals surface area contributed by atoms with Crippen LogP contribution in [0.5, 0.6) is 0 Å². The van der Waals surface area contributed by atoms with E-state index in [-0.39, 0.29) is 0 Å². The SMILES string of the molecule is CC[N+]1(C(F)(F)C(F)(F)C(F)(F)C(F)(F)F)C=CN(C)C1. The molecule has 0 aromatic heterocycles. The molecule has 124 valence electrons. The van der Waals surface area contributed by atoms with Crippen LogP contribution in [0, 0.1) is 0 Å². The van der Waals surface area contributed by atoms with Gasteiger partial charge in [-0.05, 0) is 6.92 Å². The van der Waals surface area contributed by atoms with Crippen LogP contribution in [0.2, 0.25) is 0 Å². The van der Waals surface area contributed by atoms with Gasteiger partial charge in [0.15, 0.2) is 6.67 Å². The van der Waals surface area contributed by atoms with Crippen LogP contribution in [0.1, 0.15) is 6.92 Å². The molecule has 1 unspecified atom stereocenters. The average Bonchev–Trinajstić information content (AvgIpc) is 2.70. The summed E-state index contributed by atoms with van der Waals surface area (Å²) >= 11 is 0. The summed E-state index contributed by atoms with van der Waals surface area (Å²) in [6.45, 7) is -0.663. The second-order valence-electron chi connectivity index (χ2n) is 4.73. The Morgan fingerprint density at radius 1 is 0.952 bits per heavy atom. The molecule has 0 N–H and O–H groups in total. The zero-order chi connectivity index (χ0) is 16.9. The molecule has 0 aromatic carbocycles. The normalized spacial score (nSPS) is 24.8. The van der Waals surface area contributed by atoms with Crippen molar-refractivity contribution < 1.29 is 44.0 Å². The lowest BCUT2D eigenvalue weighted by atomic mass is 10.1. The molecule has 1 atom stereocenters. The van der Waals surface area contributed by atoms with E-state index in [4.69, 9.17) is 0 Å². The van der Waals surface area contributed by atoms with Crippen LogP contribution in [0.3, 0.4) is 0 Å². The van der Waals surface area contributed by atoms with Crippen LogP contribution in [0.25, 0.3) is 0 Å². The summed E-state index contributed by atoms with van der Waals surface area (Å²) in [4.78, 5) is 0.985. The predicted octanol–water partition coefficient (Wildman–Crippen LogP) is 3.62. The molecule has 1 heterocycles. The van der Waals surface area contributed by atoms with Gasteiger partial charge in [-0.2, -0.15) is 30.7 Å². The van der Waals surface area contributed by atoms with E-state index in [9.17, 15) is 39.5 Å². The van der Waals surface area contributed by atoms with Gasteiger partial charge in [0.2, 0.25) is 0 Å². The van der Waals surface area contributed by atoms with Gasteiger partial charge >= 0.3 is 24.1 Å². The van der Waals surface area contributed by atoms with E-state index in [2.05, 4.69) is 0 Å². The number of nitrogens with zero attached hydrogens (tertiary/aromatic N) is 2. The molecule has 2 nitrogen and oxygen atoms in total. The highest BCUT2D eigenvalue weighted by molar-refractivity contribution is 4.99. The highest BCUT2D eigenvalue weighted by atomic mass is 19.4. The molecular weight excluding hydrogens is 319 g/mol. The van der Waals surface area contributed by atoms with Crippen molar-refractivity contribution in [1.82, 2.24) is 4.90 Å². The van der Waals surface area contributed by atoms with Crippen molar-refractivity contribution in [3.05, 3.63) is 12.4 Å². The molecule has 1 aliphatic heterocycles. The molecule has 0 amide bonds. The summed E-state index contributed by atoms with van der Waals surface area (Å²) in [5, 5.41) is 0. The Morgan fingerprint density at radius 3 is 1.71 bits per heavy atom. The standard InChI is InChI=1S/C10H12F9N2/c1-3-21(5-4-20(2)6-21)10(18,19)8(13,14)7(11,12)9(15,16)17/h4-5H,3,6H2,1-2H3/q+1. The van der Waals surface area contributed by atoms with Crippen molar-refractivity contribution in [3.8, 4) is 0 Å². The maximum Gasteiger partial charge on any atom is 0.467 e. The third kappa shape index (κ3) is 2.25. The number of quaternary nitrogens is 1. The zero-order valence-electron chi connectivity index (χ0n) is 10.9. The lowest BCUT2D eigenvalue weighted by Crippen LogP contribution is -2.72. The molecule has 1 rings (SSSR count). The van der Waals surface area contributed by atoms with Gasteiger partial charge < -0.3 is 4.90 Å². The lowest BCUT2D eigenvalue weighted by Gasteiger charge is -2.42. The maximum atomic E-state index is 13.9. The molecule has 0 fully saturated rings. The number of hydrogen-bond acceptors (Lipinski definition) is 1. The third-order valence-electron chi connectivity index (χ3n) is 3.33. The average molecular weight is 331 g/mol. The number of alkyl halides is 9. The fourth-order valence-corrected chi connectivity index (χ4v) is 1.97. The molecule has 0 saturated heterocycles. The Morgan fingerprint density at radius 2 is 1.43 bits per heavy atom. The van der Waals surface area contributed by atoms with Crippen LogP contribution >= 0.6 is 0 Å². The second kappa shape index (κ2) is 4.68. The van der Waals surface area contributed by atoms with E-state index < -0.39 is 41.8 Å². The van der Waals surface area contributed by atoms with E-state index in [1.165, 1.54) is 7.05 Å². The Bertz CT molecular complexity index is 429. The molecule has 0 bridgehead atoms. The molecule has 11 heteroatoms. The van der Waals surface area contributed by atoms with Crippen molar-refractivity contribution in [2.75, 3.05) is 20.3 Å². The molecule has 0 saturated carbocycles. The molecule has 0 aromatic rings. The van der Waals surface area contributed by atoms with Gasteiger partial charge in [-0.25, -0.2) is 4.48 Å². The quantitative estimate of drug-likeness (QED) is 0.432. The smallest absolute Gasteiger partial charge is 0.329 e. The highest BCUT2D eigenvalue weighted by Gasteiger charge is 2.87. The van der Waals surface area contributed by atoms with Gasteiger partial charge in [0.1, 0.15) is 6.20 Å². The van der Waals surface area contributed by atoms with Gasteiger partial charge in [0.05, 0.1) is 12.7 Å². The van der Waals surface area contributed by atoms with E-state index in [1.807, 2.05) is 0 Å². The molecule has 0 spiro atoms. The predicted molar refractivity (Wildman–Crippen MR) is 53.5 cm³/mol. The van der Waals surface area contributed by atoms with Crippen LogP contribution in [-0.2, 0) is 0 Å². The Kier molecular flexibility index (Phi) is 4.00. The molecular formula is C10H12F9N2+. The van der Waals surface area contributed by atoms with E-state index >= 15 is 0 Å². The third-order valence-corrected chi connectivity index (χ3v) is 3.33. The molecule has 21 heavy (non-hydrogen) atoms. The van der Waals surface area contributed by atoms with Crippen molar-refractivity contribution in [2.24, 2.45) is 0 Å². The largest absolute Gasteiger partial charge is 0.467 e. The summed E-state index contributed by atoms with van der Waals surface area (Å²) in [7, 11) is 1.20. The number of halogens is 9. The van der Waals surface area contributed by atoms with Crippen molar-refractivity contribution >= 4 is 0 Å². The summed E-state index contributed by atoms with van der Waals surface area (Å²) in [6, 6.07) is -5.65. The minimum Gasteiger partial charge on any atom is -0.329 e. The van der Waals surface area contributed by atoms with Crippen molar-refractivity contribution in [2.45, 2.75) is 31.0 Å². The van der Waals surface area contributed by atoms with Gasteiger partial charge in [-0.15, -0.1) is 8.78 Å². The van der Waals surface area contributed by atoms with Crippen molar-refractivity contribution in [3.63, 3.8) is 0 Å². The van der Waals surface area contributed by atoms with Crippen molar-refractivity contribution in [1.29, 1.82) is 0 Å². The van der Waals surface area contributed by atoms with Crippen LogP contribution < -0.4 is 0 Å². The Hall–Kier alpha value is -1.13. The van der Waals surface area contributed by atoms with E-state index in [1.54, 1.807) is 0 Å². The first-order valence-corrected chi connectivity index (χ1v) is 5.63. The van der Waals surface area contributed by atoms with Crippen LogP contribution in [0.15, 0.2) is 12.4 Å².